The van der Waals surface area contributed by atoms with E-state index in [-0.39, 0.29) is 24.8 Å². The van der Waals surface area contributed by atoms with Gasteiger partial charge >= 0.3 is 0 Å². The van der Waals surface area contributed by atoms with Crippen LogP contribution in [0.4, 0.5) is 5.69 Å². The van der Waals surface area contributed by atoms with Gasteiger partial charge in [0, 0.05) is 24.5 Å². The molecule has 9 heteroatoms. The van der Waals surface area contributed by atoms with Gasteiger partial charge in [-0.05, 0) is 48.2 Å². The molecule has 3 aromatic carbocycles. The highest BCUT2D eigenvalue weighted by molar-refractivity contribution is 7.92. The van der Waals surface area contributed by atoms with E-state index in [0.29, 0.717) is 17.3 Å². The van der Waals surface area contributed by atoms with Crippen molar-refractivity contribution in [2.24, 2.45) is 5.92 Å². The average Bonchev–Trinajstić information content (AvgIpc) is 2.89. The Morgan fingerprint density at radius 3 is 2.08 bits per heavy atom. The number of amides is 2. The molecule has 2 amide bonds. The standard InChI is InChI=1S/C30H36ClN3O4S/c1-22(2)19-32-30(36)28(18-24-8-6-5-7-9-24)33(20-25-12-14-26(31)15-13-25)29(35)21-34(39(4,37)38)27-16-10-23(3)11-17-27/h5-17,22,28H,18-21H2,1-4H3,(H,32,36). The largest absolute Gasteiger partial charge is 0.354 e. The SMILES string of the molecule is Cc1ccc(N(CC(=O)N(Cc2ccc(Cl)cc2)C(Cc2ccccc2)C(=O)NCC(C)C)S(C)(=O)=O)cc1. The van der Waals surface area contributed by atoms with Crippen LogP contribution in [0.1, 0.15) is 30.5 Å². The second kappa shape index (κ2) is 13.6. The van der Waals surface area contributed by atoms with Crippen LogP contribution < -0.4 is 9.62 Å². The summed E-state index contributed by atoms with van der Waals surface area (Å²) in [5.41, 5.74) is 3.00. The number of hydrogen-bond acceptors (Lipinski definition) is 4. The van der Waals surface area contributed by atoms with Crippen LogP contribution in [0.2, 0.25) is 5.02 Å². The minimum Gasteiger partial charge on any atom is -0.354 e. The molecule has 39 heavy (non-hydrogen) atoms. The van der Waals surface area contributed by atoms with Gasteiger partial charge in [0.05, 0.1) is 11.9 Å². The number of anilines is 1. The Morgan fingerprint density at radius 2 is 1.51 bits per heavy atom. The van der Waals surface area contributed by atoms with Gasteiger partial charge in [-0.2, -0.15) is 0 Å². The van der Waals surface area contributed by atoms with E-state index < -0.39 is 28.5 Å². The van der Waals surface area contributed by atoms with E-state index in [1.165, 1.54) is 4.90 Å². The molecule has 1 N–H and O–H groups in total. The molecule has 0 aliphatic heterocycles. The zero-order valence-electron chi connectivity index (χ0n) is 22.8. The Bertz CT molecular complexity index is 1350. The highest BCUT2D eigenvalue weighted by atomic mass is 35.5. The number of sulfonamides is 1. The monoisotopic (exact) mass is 569 g/mol. The lowest BCUT2D eigenvalue weighted by molar-refractivity contribution is -0.140. The smallest absolute Gasteiger partial charge is 0.244 e. The van der Waals surface area contributed by atoms with Gasteiger partial charge in [0.15, 0.2) is 0 Å². The van der Waals surface area contributed by atoms with E-state index in [9.17, 15) is 18.0 Å². The second-order valence-electron chi connectivity index (χ2n) is 10.1. The number of carbonyl (C=O) groups is 2. The fraction of sp³-hybridized carbons (Fsp3) is 0.333. The van der Waals surface area contributed by atoms with Crippen molar-refractivity contribution >= 4 is 39.1 Å². The van der Waals surface area contributed by atoms with Gasteiger partial charge in [-0.1, -0.05) is 85.6 Å². The van der Waals surface area contributed by atoms with Gasteiger partial charge in [-0.15, -0.1) is 0 Å². The van der Waals surface area contributed by atoms with Crippen molar-refractivity contribution in [3.8, 4) is 0 Å². The van der Waals surface area contributed by atoms with Crippen molar-refractivity contribution in [1.82, 2.24) is 10.2 Å². The summed E-state index contributed by atoms with van der Waals surface area (Å²) in [4.78, 5) is 29.0. The highest BCUT2D eigenvalue weighted by Gasteiger charge is 2.33. The Hall–Kier alpha value is -3.36. The lowest BCUT2D eigenvalue weighted by atomic mass is 10.0. The summed E-state index contributed by atoms with van der Waals surface area (Å²) in [6.07, 6.45) is 1.34. The summed E-state index contributed by atoms with van der Waals surface area (Å²) in [5.74, 6) is -0.568. The molecule has 0 saturated carbocycles. The molecule has 0 saturated heterocycles. The first-order valence-corrected chi connectivity index (χ1v) is 15.1. The third-order valence-electron chi connectivity index (χ3n) is 6.22. The number of halogens is 1. The molecular formula is C30H36ClN3O4S. The Labute approximate surface area is 236 Å². The van der Waals surface area contributed by atoms with E-state index in [0.717, 1.165) is 27.3 Å². The van der Waals surface area contributed by atoms with Gasteiger partial charge in [0.2, 0.25) is 21.8 Å². The molecule has 0 heterocycles. The minimum absolute atomic E-state index is 0.105. The first-order valence-electron chi connectivity index (χ1n) is 12.8. The van der Waals surface area contributed by atoms with Gasteiger partial charge in [0.25, 0.3) is 0 Å². The number of nitrogens with one attached hydrogen (secondary N) is 1. The van der Waals surface area contributed by atoms with Crippen LogP contribution in [-0.2, 0) is 32.6 Å². The maximum atomic E-state index is 14.0. The molecule has 1 atom stereocenters. The van der Waals surface area contributed by atoms with Crippen molar-refractivity contribution in [2.75, 3.05) is 23.7 Å². The molecule has 0 aromatic heterocycles. The molecule has 3 aromatic rings. The Morgan fingerprint density at radius 1 is 0.897 bits per heavy atom. The lowest BCUT2D eigenvalue weighted by Crippen LogP contribution is -2.53. The van der Waals surface area contributed by atoms with E-state index in [2.05, 4.69) is 5.32 Å². The van der Waals surface area contributed by atoms with Crippen molar-refractivity contribution in [1.29, 1.82) is 0 Å². The van der Waals surface area contributed by atoms with Crippen molar-refractivity contribution in [3.63, 3.8) is 0 Å². The van der Waals surface area contributed by atoms with Crippen molar-refractivity contribution in [3.05, 3.63) is 101 Å². The molecule has 0 aliphatic carbocycles. The zero-order chi connectivity index (χ0) is 28.6. The Kier molecular flexibility index (Phi) is 10.5. The number of benzene rings is 3. The fourth-order valence-electron chi connectivity index (χ4n) is 4.09. The zero-order valence-corrected chi connectivity index (χ0v) is 24.4. The first-order chi connectivity index (χ1) is 18.4. The summed E-state index contributed by atoms with van der Waals surface area (Å²) in [5, 5.41) is 3.52. The Balaban J connectivity index is 2.03. The van der Waals surface area contributed by atoms with Gasteiger partial charge < -0.3 is 10.2 Å². The summed E-state index contributed by atoms with van der Waals surface area (Å²) in [7, 11) is -3.80. The second-order valence-corrected chi connectivity index (χ2v) is 12.4. The topological polar surface area (TPSA) is 86.8 Å². The summed E-state index contributed by atoms with van der Waals surface area (Å²) < 4.78 is 26.7. The molecule has 208 valence electrons. The molecule has 0 radical (unpaired) electrons. The molecule has 7 nitrogen and oxygen atoms in total. The molecule has 0 spiro atoms. The van der Waals surface area contributed by atoms with E-state index >= 15 is 0 Å². The fourth-order valence-corrected chi connectivity index (χ4v) is 5.06. The predicted octanol–water partition coefficient (Wildman–Crippen LogP) is 4.83. The van der Waals surface area contributed by atoms with Crippen LogP contribution in [0.3, 0.4) is 0 Å². The van der Waals surface area contributed by atoms with Gasteiger partial charge in [0.1, 0.15) is 12.6 Å². The van der Waals surface area contributed by atoms with Crippen LogP contribution in [0.25, 0.3) is 0 Å². The third kappa shape index (κ3) is 9.11. The van der Waals surface area contributed by atoms with Crippen molar-refractivity contribution in [2.45, 2.75) is 39.8 Å². The molecule has 0 aliphatic rings. The minimum atomic E-state index is -3.80. The van der Waals surface area contributed by atoms with Crippen LogP contribution in [0, 0.1) is 12.8 Å². The molecule has 1 unspecified atom stereocenters. The molecular weight excluding hydrogens is 534 g/mol. The van der Waals surface area contributed by atoms with Crippen LogP contribution in [0.5, 0.6) is 0 Å². The summed E-state index contributed by atoms with van der Waals surface area (Å²) in [6.45, 7) is 6.00. The highest BCUT2D eigenvalue weighted by Crippen LogP contribution is 2.21. The number of carbonyl (C=O) groups excluding carboxylic acids is 2. The maximum absolute atomic E-state index is 14.0. The van der Waals surface area contributed by atoms with Crippen LogP contribution >= 0.6 is 11.6 Å². The van der Waals surface area contributed by atoms with Crippen LogP contribution in [0.15, 0.2) is 78.9 Å². The van der Waals surface area contributed by atoms with Gasteiger partial charge in [-0.3, -0.25) is 13.9 Å². The van der Waals surface area contributed by atoms with Crippen LogP contribution in [-0.4, -0.2) is 50.5 Å². The maximum Gasteiger partial charge on any atom is 0.244 e. The number of aryl methyl sites for hydroxylation is 1. The van der Waals surface area contributed by atoms with E-state index in [1.54, 1.807) is 48.5 Å². The average molecular weight is 570 g/mol. The molecule has 0 bridgehead atoms. The number of hydrogen-bond donors (Lipinski definition) is 1. The summed E-state index contributed by atoms with van der Waals surface area (Å²) >= 11 is 6.08. The van der Waals surface area contributed by atoms with Crippen molar-refractivity contribution < 1.29 is 18.0 Å². The van der Waals surface area contributed by atoms with E-state index in [4.69, 9.17) is 11.6 Å². The quantitative estimate of drug-likeness (QED) is 0.338. The lowest BCUT2D eigenvalue weighted by Gasteiger charge is -2.33. The molecule has 3 rings (SSSR count). The first kappa shape index (κ1) is 30.2. The number of rotatable bonds is 12. The predicted molar refractivity (Wildman–Crippen MR) is 157 cm³/mol. The van der Waals surface area contributed by atoms with E-state index in [1.807, 2.05) is 51.1 Å². The summed E-state index contributed by atoms with van der Waals surface area (Å²) in [6, 6.07) is 22.6. The normalized spacial score (nSPS) is 12.2. The van der Waals surface area contributed by atoms with Gasteiger partial charge in [-0.25, -0.2) is 8.42 Å². The number of nitrogens with zero attached hydrogens (tertiary/aromatic N) is 2. The molecule has 0 fully saturated rings. The third-order valence-corrected chi connectivity index (χ3v) is 7.62.